The number of hydrogen-bond acceptors (Lipinski definition) is 5. The molecule has 0 saturated carbocycles. The fourth-order valence-corrected chi connectivity index (χ4v) is 5.38. The van der Waals surface area contributed by atoms with Crippen molar-refractivity contribution in [2.24, 2.45) is 0 Å². The minimum atomic E-state index is -3.78. The zero-order valence-corrected chi connectivity index (χ0v) is 20.7. The third-order valence-electron chi connectivity index (χ3n) is 5.94. The largest absolute Gasteiger partial charge is 0.494 e. The normalized spacial score (nSPS) is 15.1. The minimum Gasteiger partial charge on any atom is -0.494 e. The van der Waals surface area contributed by atoms with Crippen molar-refractivity contribution in [1.29, 1.82) is 0 Å². The molecule has 35 heavy (non-hydrogen) atoms. The molecule has 1 atom stereocenters. The van der Waals surface area contributed by atoms with Gasteiger partial charge in [-0.3, -0.25) is 9.52 Å². The first-order valence-corrected chi connectivity index (χ1v) is 13.2. The highest BCUT2D eigenvalue weighted by Crippen LogP contribution is 2.29. The van der Waals surface area contributed by atoms with Crippen molar-refractivity contribution in [2.45, 2.75) is 44.0 Å². The van der Waals surface area contributed by atoms with E-state index in [2.05, 4.69) is 22.2 Å². The van der Waals surface area contributed by atoms with E-state index >= 15 is 0 Å². The maximum atomic E-state index is 12.8. The van der Waals surface area contributed by atoms with Crippen LogP contribution in [-0.4, -0.2) is 27.5 Å². The molecule has 0 radical (unpaired) electrons. The number of amides is 1. The van der Waals surface area contributed by atoms with Crippen LogP contribution in [0.2, 0.25) is 0 Å². The Kier molecular flexibility index (Phi) is 7.60. The molecule has 1 aliphatic carbocycles. The monoisotopic (exact) mass is 494 g/mol. The van der Waals surface area contributed by atoms with E-state index in [0.29, 0.717) is 29.4 Å². The molecule has 0 unspecified atom stereocenters. The van der Waals surface area contributed by atoms with Gasteiger partial charge in [-0.2, -0.15) is 0 Å². The van der Waals surface area contributed by atoms with Gasteiger partial charge < -0.3 is 14.8 Å². The van der Waals surface area contributed by atoms with Gasteiger partial charge in [-0.25, -0.2) is 8.42 Å². The van der Waals surface area contributed by atoms with E-state index in [1.165, 1.54) is 17.7 Å². The molecule has 0 spiro atoms. The van der Waals surface area contributed by atoms with Gasteiger partial charge in [0.25, 0.3) is 15.9 Å². The number of benzene rings is 3. The van der Waals surface area contributed by atoms with Gasteiger partial charge in [0.15, 0.2) is 6.61 Å². The summed E-state index contributed by atoms with van der Waals surface area (Å²) in [5, 5.41) is 3.06. The third kappa shape index (κ3) is 6.14. The number of rotatable bonds is 9. The standard InChI is InChI=1S/C27H30N2O5S/c1-3-33-22-13-11-21(12-14-22)29-35(31,32)23-15-16-26(19(2)17-23)34-18-27(30)28-25-10-6-8-20-7-4-5-9-24(20)25/h4-5,7,9,11-17,25,29H,3,6,8,10,18H2,1-2H3,(H,28,30)/t25-/m0/s1. The topological polar surface area (TPSA) is 93.7 Å². The molecule has 1 amide bonds. The van der Waals surface area contributed by atoms with Crippen molar-refractivity contribution < 1.29 is 22.7 Å². The molecule has 7 nitrogen and oxygen atoms in total. The summed E-state index contributed by atoms with van der Waals surface area (Å²) >= 11 is 0. The van der Waals surface area contributed by atoms with Crippen LogP contribution in [-0.2, 0) is 21.2 Å². The molecule has 0 saturated heterocycles. The van der Waals surface area contributed by atoms with Gasteiger partial charge >= 0.3 is 0 Å². The summed E-state index contributed by atoms with van der Waals surface area (Å²) in [5.74, 6) is 0.925. The number of carbonyl (C=O) groups is 1. The van der Waals surface area contributed by atoms with Gasteiger partial charge in [0, 0.05) is 5.69 Å². The van der Waals surface area contributed by atoms with Crippen LogP contribution in [0.1, 0.15) is 42.5 Å². The number of nitrogens with one attached hydrogen (secondary N) is 2. The fourth-order valence-electron chi connectivity index (χ4n) is 4.23. The Balaban J connectivity index is 1.36. The first-order chi connectivity index (χ1) is 16.9. The molecule has 3 aromatic carbocycles. The Hall–Kier alpha value is -3.52. The molecule has 8 heteroatoms. The first kappa shape index (κ1) is 24.6. The highest BCUT2D eigenvalue weighted by molar-refractivity contribution is 7.92. The number of aryl methyl sites for hydroxylation is 2. The van der Waals surface area contributed by atoms with Crippen molar-refractivity contribution >= 4 is 21.6 Å². The third-order valence-corrected chi connectivity index (χ3v) is 7.32. The van der Waals surface area contributed by atoms with Crippen LogP contribution in [0.15, 0.2) is 71.6 Å². The molecule has 2 N–H and O–H groups in total. The molecular weight excluding hydrogens is 464 g/mol. The van der Waals surface area contributed by atoms with Crippen LogP contribution < -0.4 is 19.5 Å². The summed E-state index contributed by atoms with van der Waals surface area (Å²) in [6.45, 7) is 4.03. The van der Waals surface area contributed by atoms with Crippen LogP contribution in [0, 0.1) is 6.92 Å². The van der Waals surface area contributed by atoms with E-state index in [1.54, 1.807) is 37.3 Å². The lowest BCUT2D eigenvalue weighted by atomic mass is 9.88. The van der Waals surface area contributed by atoms with E-state index in [0.717, 1.165) is 24.8 Å². The Morgan fingerprint density at radius 2 is 1.80 bits per heavy atom. The van der Waals surface area contributed by atoms with Crippen molar-refractivity contribution in [3.63, 3.8) is 0 Å². The lowest BCUT2D eigenvalue weighted by Crippen LogP contribution is -2.34. The number of hydrogen-bond donors (Lipinski definition) is 2. The number of sulfonamides is 1. The highest BCUT2D eigenvalue weighted by Gasteiger charge is 2.22. The van der Waals surface area contributed by atoms with Gasteiger partial charge in [0.2, 0.25) is 0 Å². The Labute approximate surface area is 206 Å². The van der Waals surface area contributed by atoms with Crippen LogP contribution in [0.25, 0.3) is 0 Å². The zero-order valence-electron chi connectivity index (χ0n) is 19.9. The van der Waals surface area contributed by atoms with E-state index in [4.69, 9.17) is 9.47 Å². The molecule has 184 valence electrons. The lowest BCUT2D eigenvalue weighted by molar-refractivity contribution is -0.124. The first-order valence-electron chi connectivity index (χ1n) is 11.7. The van der Waals surface area contributed by atoms with Crippen LogP contribution in [0.3, 0.4) is 0 Å². The second-order valence-corrected chi connectivity index (χ2v) is 10.2. The van der Waals surface area contributed by atoms with E-state index < -0.39 is 10.0 Å². The van der Waals surface area contributed by atoms with Crippen molar-refractivity contribution in [3.8, 4) is 11.5 Å². The SMILES string of the molecule is CCOc1ccc(NS(=O)(=O)c2ccc(OCC(=O)N[C@H]3CCCc4ccccc43)c(C)c2)cc1. The summed E-state index contributed by atoms with van der Waals surface area (Å²) < 4.78 is 39.3. The Morgan fingerprint density at radius 3 is 2.54 bits per heavy atom. The molecule has 0 aliphatic heterocycles. The molecular formula is C27H30N2O5S. The number of ether oxygens (including phenoxy) is 2. The maximum absolute atomic E-state index is 12.8. The molecule has 4 rings (SSSR count). The lowest BCUT2D eigenvalue weighted by Gasteiger charge is -2.26. The van der Waals surface area contributed by atoms with Gasteiger partial charge in [-0.1, -0.05) is 24.3 Å². The molecule has 0 heterocycles. The van der Waals surface area contributed by atoms with Crippen LogP contribution in [0.5, 0.6) is 11.5 Å². The predicted molar refractivity (Wildman–Crippen MR) is 135 cm³/mol. The Bertz CT molecular complexity index is 1290. The summed E-state index contributed by atoms with van der Waals surface area (Å²) in [5.41, 5.74) is 3.50. The minimum absolute atomic E-state index is 0.0154. The van der Waals surface area contributed by atoms with Gasteiger partial charge in [0.05, 0.1) is 17.5 Å². The summed E-state index contributed by atoms with van der Waals surface area (Å²) in [6.07, 6.45) is 2.96. The second kappa shape index (κ2) is 10.8. The average Bonchev–Trinajstić information content (AvgIpc) is 2.85. The number of fused-ring (bicyclic) bond motifs is 1. The van der Waals surface area contributed by atoms with Gasteiger partial charge in [0.1, 0.15) is 11.5 Å². The number of carbonyl (C=O) groups excluding carboxylic acids is 1. The smallest absolute Gasteiger partial charge is 0.261 e. The molecule has 0 aromatic heterocycles. The van der Waals surface area contributed by atoms with E-state index in [9.17, 15) is 13.2 Å². The maximum Gasteiger partial charge on any atom is 0.261 e. The molecule has 0 bridgehead atoms. The number of anilines is 1. The summed E-state index contributed by atoms with van der Waals surface area (Å²) in [4.78, 5) is 12.7. The van der Waals surface area contributed by atoms with Crippen LogP contribution >= 0.6 is 0 Å². The predicted octanol–water partition coefficient (Wildman–Crippen LogP) is 4.77. The average molecular weight is 495 g/mol. The van der Waals surface area contributed by atoms with Crippen LogP contribution in [0.4, 0.5) is 5.69 Å². The van der Waals surface area contributed by atoms with Crippen molar-refractivity contribution in [2.75, 3.05) is 17.9 Å². The van der Waals surface area contributed by atoms with E-state index in [-0.39, 0.29) is 23.5 Å². The van der Waals surface area contributed by atoms with Crippen molar-refractivity contribution in [1.82, 2.24) is 5.32 Å². The summed E-state index contributed by atoms with van der Waals surface area (Å²) in [6, 6.07) is 19.4. The molecule has 1 aliphatic rings. The second-order valence-electron chi connectivity index (χ2n) is 8.49. The van der Waals surface area contributed by atoms with Gasteiger partial charge in [-0.15, -0.1) is 0 Å². The van der Waals surface area contributed by atoms with E-state index in [1.807, 2.05) is 19.1 Å². The zero-order chi connectivity index (χ0) is 24.8. The fraction of sp³-hybridized carbons (Fsp3) is 0.296. The van der Waals surface area contributed by atoms with Gasteiger partial charge in [-0.05, 0) is 92.3 Å². The Morgan fingerprint density at radius 1 is 1.03 bits per heavy atom. The van der Waals surface area contributed by atoms with Crippen molar-refractivity contribution in [3.05, 3.63) is 83.4 Å². The molecule has 3 aromatic rings. The highest BCUT2D eigenvalue weighted by atomic mass is 32.2. The quantitative estimate of drug-likeness (QED) is 0.447. The summed E-state index contributed by atoms with van der Waals surface area (Å²) in [7, 11) is -3.78. The molecule has 0 fully saturated rings.